The van der Waals surface area contributed by atoms with Gasteiger partial charge in [-0.05, 0) is 30.7 Å². The Morgan fingerprint density at radius 1 is 1.47 bits per heavy atom. The molecule has 2 aromatic heterocycles. The van der Waals surface area contributed by atoms with Crippen LogP contribution in [0.3, 0.4) is 0 Å². The van der Waals surface area contributed by atoms with Gasteiger partial charge in [0.15, 0.2) is 5.82 Å². The van der Waals surface area contributed by atoms with Crippen LogP contribution in [0, 0.1) is 5.92 Å². The number of hydrogen-bond donors (Lipinski definition) is 1. The van der Waals surface area contributed by atoms with Crippen molar-refractivity contribution in [3.8, 4) is 0 Å². The summed E-state index contributed by atoms with van der Waals surface area (Å²) in [6.07, 6.45) is 5.89. The number of aromatic nitrogens is 3. The number of halogens is 1. The Balaban J connectivity index is 1.78. The molecule has 1 saturated carbocycles. The first-order chi connectivity index (χ1) is 9.13. The minimum absolute atomic E-state index is 0.373. The normalized spacial score (nSPS) is 22.7. The maximum Gasteiger partial charge on any atom is 0.152 e. The van der Waals surface area contributed by atoms with Crippen molar-refractivity contribution >= 4 is 22.9 Å². The Kier molecular flexibility index (Phi) is 3.35. The van der Waals surface area contributed by atoms with Crippen molar-refractivity contribution in [2.45, 2.75) is 38.0 Å². The van der Waals surface area contributed by atoms with E-state index in [0.717, 1.165) is 36.4 Å². The molecule has 0 atom stereocenters. The van der Waals surface area contributed by atoms with Gasteiger partial charge in [0.25, 0.3) is 0 Å². The molecule has 0 unspecified atom stereocenters. The smallest absolute Gasteiger partial charge is 0.152 e. The maximum atomic E-state index is 6.00. The number of hydrogen-bond acceptors (Lipinski definition) is 3. The molecular weight excluding hydrogens is 260 g/mol. The fourth-order valence-electron chi connectivity index (χ4n) is 2.42. The van der Waals surface area contributed by atoms with Crippen LogP contribution in [-0.4, -0.2) is 26.5 Å². The van der Waals surface area contributed by atoms with Gasteiger partial charge in [0.2, 0.25) is 0 Å². The van der Waals surface area contributed by atoms with Gasteiger partial charge in [-0.2, -0.15) is 5.10 Å². The van der Waals surface area contributed by atoms with Crippen molar-refractivity contribution in [1.82, 2.24) is 14.6 Å². The maximum absolute atomic E-state index is 6.00. The molecule has 1 aliphatic carbocycles. The quantitative estimate of drug-likeness (QED) is 0.873. The second kappa shape index (κ2) is 5.00. The summed E-state index contributed by atoms with van der Waals surface area (Å²) in [6.45, 7) is 5.24. The van der Waals surface area contributed by atoms with Gasteiger partial charge in [-0.1, -0.05) is 13.8 Å². The first-order valence-corrected chi connectivity index (χ1v) is 7.29. The molecule has 1 aliphatic rings. The average Bonchev–Trinajstić information content (AvgIpc) is 2.77. The van der Waals surface area contributed by atoms with Crippen LogP contribution >= 0.6 is 11.6 Å². The molecule has 3 rings (SSSR count). The first kappa shape index (κ1) is 12.7. The lowest BCUT2D eigenvalue weighted by Gasteiger charge is -2.31. The Hall–Kier alpha value is -1.29. The van der Waals surface area contributed by atoms with Crippen LogP contribution in [0.25, 0.3) is 5.52 Å². The van der Waals surface area contributed by atoms with Gasteiger partial charge in [0.1, 0.15) is 5.52 Å². The van der Waals surface area contributed by atoms with Gasteiger partial charge in [-0.25, -0.2) is 9.50 Å². The predicted molar refractivity (Wildman–Crippen MR) is 77.9 cm³/mol. The first-order valence-electron chi connectivity index (χ1n) is 6.85. The summed E-state index contributed by atoms with van der Waals surface area (Å²) in [7, 11) is 0. The summed E-state index contributed by atoms with van der Waals surface area (Å²) in [6, 6.07) is 2.12. The van der Waals surface area contributed by atoms with Crippen LogP contribution in [-0.2, 0) is 0 Å². The van der Waals surface area contributed by atoms with E-state index in [4.69, 9.17) is 11.6 Å². The lowest BCUT2D eigenvalue weighted by Crippen LogP contribution is -2.30. The molecule has 0 amide bonds. The fourth-order valence-corrected chi connectivity index (χ4v) is 2.93. The number of nitrogens with one attached hydrogen (secondary N) is 1. The highest BCUT2D eigenvalue weighted by Gasteiger charge is 2.27. The monoisotopic (exact) mass is 278 g/mol. The predicted octanol–water partition coefficient (Wildman–Crippen LogP) is 3.28. The number of nitrogens with zero attached hydrogens (tertiary/aromatic N) is 3. The van der Waals surface area contributed by atoms with Crippen molar-refractivity contribution in [1.29, 1.82) is 0 Å². The molecule has 2 aromatic rings. The SMILES string of the molecule is CC(C)c1cc2c(NCC3CC(Cl)C3)nccn2n1. The summed E-state index contributed by atoms with van der Waals surface area (Å²) in [4.78, 5) is 4.42. The molecule has 102 valence electrons. The Labute approximate surface area is 118 Å². The zero-order valence-corrected chi connectivity index (χ0v) is 12.1. The van der Waals surface area contributed by atoms with Gasteiger partial charge < -0.3 is 5.32 Å². The third-order valence-corrected chi connectivity index (χ3v) is 4.09. The van der Waals surface area contributed by atoms with E-state index < -0.39 is 0 Å². The zero-order valence-electron chi connectivity index (χ0n) is 11.3. The van der Waals surface area contributed by atoms with Crippen LogP contribution in [0.1, 0.15) is 38.3 Å². The average molecular weight is 279 g/mol. The topological polar surface area (TPSA) is 42.2 Å². The molecule has 0 bridgehead atoms. The number of rotatable bonds is 4. The minimum Gasteiger partial charge on any atom is -0.368 e. The van der Waals surface area contributed by atoms with E-state index in [0.29, 0.717) is 17.2 Å². The highest BCUT2D eigenvalue weighted by molar-refractivity contribution is 6.21. The Morgan fingerprint density at radius 3 is 2.95 bits per heavy atom. The standard InChI is InChI=1S/C14H19ClN4/c1-9(2)12-7-13-14(16-3-4-19(13)18-12)17-8-10-5-11(15)6-10/h3-4,7,9-11H,5-6,8H2,1-2H3,(H,16,17). The summed E-state index contributed by atoms with van der Waals surface area (Å²) >= 11 is 6.00. The Bertz CT molecular complexity index is 572. The summed E-state index contributed by atoms with van der Waals surface area (Å²) in [5, 5.41) is 8.37. The summed E-state index contributed by atoms with van der Waals surface area (Å²) < 4.78 is 1.90. The molecule has 0 saturated heterocycles. The minimum atomic E-state index is 0.373. The van der Waals surface area contributed by atoms with Crippen molar-refractivity contribution in [3.05, 3.63) is 24.2 Å². The summed E-state index contributed by atoms with van der Waals surface area (Å²) in [5.41, 5.74) is 2.15. The number of anilines is 1. The molecule has 5 heteroatoms. The Morgan fingerprint density at radius 2 is 2.26 bits per heavy atom. The second-order valence-electron chi connectivity index (χ2n) is 5.65. The third kappa shape index (κ3) is 2.54. The van der Waals surface area contributed by atoms with Gasteiger partial charge >= 0.3 is 0 Å². The lowest BCUT2D eigenvalue weighted by atomic mass is 9.85. The van der Waals surface area contributed by atoms with Crippen LogP contribution in [0.2, 0.25) is 0 Å². The van der Waals surface area contributed by atoms with E-state index in [2.05, 4.69) is 35.3 Å². The van der Waals surface area contributed by atoms with Crippen molar-refractivity contribution in [2.24, 2.45) is 5.92 Å². The molecule has 0 aliphatic heterocycles. The van der Waals surface area contributed by atoms with E-state index in [-0.39, 0.29) is 0 Å². The highest BCUT2D eigenvalue weighted by atomic mass is 35.5. The van der Waals surface area contributed by atoms with Gasteiger partial charge in [0.05, 0.1) is 5.69 Å². The lowest BCUT2D eigenvalue weighted by molar-refractivity contribution is 0.341. The van der Waals surface area contributed by atoms with Crippen molar-refractivity contribution in [2.75, 3.05) is 11.9 Å². The number of alkyl halides is 1. The van der Waals surface area contributed by atoms with Crippen LogP contribution in [0.5, 0.6) is 0 Å². The van der Waals surface area contributed by atoms with Gasteiger partial charge in [-0.3, -0.25) is 0 Å². The highest BCUT2D eigenvalue weighted by Crippen LogP contribution is 2.32. The van der Waals surface area contributed by atoms with E-state index >= 15 is 0 Å². The van der Waals surface area contributed by atoms with E-state index in [1.165, 1.54) is 0 Å². The fraction of sp³-hybridized carbons (Fsp3) is 0.571. The number of fused-ring (bicyclic) bond motifs is 1. The van der Waals surface area contributed by atoms with Crippen molar-refractivity contribution in [3.63, 3.8) is 0 Å². The largest absolute Gasteiger partial charge is 0.368 e. The van der Waals surface area contributed by atoms with Gasteiger partial charge in [0, 0.05) is 24.3 Å². The molecule has 1 N–H and O–H groups in total. The molecule has 4 nitrogen and oxygen atoms in total. The third-order valence-electron chi connectivity index (χ3n) is 3.74. The van der Waals surface area contributed by atoms with Crippen LogP contribution in [0.15, 0.2) is 18.5 Å². The molecule has 0 aromatic carbocycles. The van der Waals surface area contributed by atoms with Crippen molar-refractivity contribution < 1.29 is 0 Å². The molecule has 0 radical (unpaired) electrons. The zero-order chi connectivity index (χ0) is 13.4. The van der Waals surface area contributed by atoms with E-state index in [1.54, 1.807) is 6.20 Å². The van der Waals surface area contributed by atoms with Crippen LogP contribution in [0.4, 0.5) is 5.82 Å². The molecule has 19 heavy (non-hydrogen) atoms. The van der Waals surface area contributed by atoms with E-state index in [9.17, 15) is 0 Å². The molecule has 2 heterocycles. The molecular formula is C14H19ClN4. The molecule has 0 spiro atoms. The van der Waals surface area contributed by atoms with E-state index in [1.807, 2.05) is 10.7 Å². The summed E-state index contributed by atoms with van der Waals surface area (Å²) in [5.74, 6) is 2.02. The second-order valence-corrected chi connectivity index (χ2v) is 6.26. The molecule has 1 fully saturated rings. The van der Waals surface area contributed by atoms with Gasteiger partial charge in [-0.15, -0.1) is 11.6 Å². The van der Waals surface area contributed by atoms with Crippen LogP contribution < -0.4 is 5.32 Å².